The van der Waals surface area contributed by atoms with E-state index in [0.29, 0.717) is 38.7 Å². The summed E-state index contributed by atoms with van der Waals surface area (Å²) in [6.45, 7) is 0. The zero-order valence-corrected chi connectivity index (χ0v) is 17.2. The third-order valence-corrected chi connectivity index (χ3v) is 5.63. The van der Waals surface area contributed by atoms with Gasteiger partial charge in [-0.25, -0.2) is 4.98 Å². The summed E-state index contributed by atoms with van der Waals surface area (Å²) in [7, 11) is 0. The summed E-state index contributed by atoms with van der Waals surface area (Å²) in [5.41, 5.74) is 2.08. The highest BCUT2D eigenvalue weighted by Crippen LogP contribution is 2.40. The van der Waals surface area contributed by atoms with Gasteiger partial charge in [-0.05, 0) is 36.4 Å². The molecule has 2 nitrogen and oxygen atoms in total. The van der Waals surface area contributed by atoms with Crippen molar-refractivity contribution in [3.63, 3.8) is 0 Å². The Morgan fingerprint density at radius 3 is 1.81 bits per heavy atom. The Morgan fingerprint density at radius 1 is 0.692 bits per heavy atom. The van der Waals surface area contributed by atoms with Crippen molar-refractivity contribution in [3.05, 3.63) is 72.2 Å². The summed E-state index contributed by atoms with van der Waals surface area (Å²) in [4.78, 5) is 16.0. The monoisotopic (exact) mass is 463 g/mol. The van der Waals surface area contributed by atoms with Gasteiger partial charge in [-0.1, -0.05) is 69.6 Å². The molecule has 0 atom stereocenters. The van der Waals surface area contributed by atoms with Crippen LogP contribution in [0.4, 0.5) is 0 Å². The van der Waals surface area contributed by atoms with Gasteiger partial charge >= 0.3 is 0 Å². The Kier molecular flexibility index (Phi) is 6.03. The Balaban J connectivity index is 2.21. The molecule has 26 heavy (non-hydrogen) atoms. The lowest BCUT2D eigenvalue weighted by molar-refractivity contribution is 0.112. The highest BCUT2D eigenvalue weighted by molar-refractivity contribution is 6.45. The summed E-state index contributed by atoms with van der Waals surface area (Å²) in [5.74, 6) is 0. The van der Waals surface area contributed by atoms with Crippen molar-refractivity contribution < 1.29 is 4.79 Å². The van der Waals surface area contributed by atoms with Crippen LogP contribution < -0.4 is 0 Å². The Hall–Kier alpha value is -1.000. The van der Waals surface area contributed by atoms with Gasteiger partial charge < -0.3 is 0 Å². The molecule has 0 radical (unpaired) electrons. The molecule has 0 N–H and O–H groups in total. The van der Waals surface area contributed by atoms with Crippen LogP contribution >= 0.6 is 69.6 Å². The largest absolute Gasteiger partial charge is 0.296 e. The van der Waals surface area contributed by atoms with Crippen LogP contribution in [0.15, 0.2) is 36.4 Å². The SMILES string of the molecule is O=Cc1nc(-c2cc(Cl)cc(Cl)c2Cl)ccc1-c1cc(Cl)cc(Cl)c1Cl. The van der Waals surface area contributed by atoms with E-state index in [9.17, 15) is 4.79 Å². The second-order valence-electron chi connectivity index (χ2n) is 5.25. The molecule has 3 aromatic rings. The Labute approximate surface area is 179 Å². The van der Waals surface area contributed by atoms with Crippen molar-refractivity contribution in [2.75, 3.05) is 0 Å². The third-order valence-electron chi connectivity index (χ3n) is 3.59. The molecule has 0 fully saturated rings. The highest BCUT2D eigenvalue weighted by Gasteiger charge is 2.17. The number of hydrogen-bond donors (Lipinski definition) is 0. The van der Waals surface area contributed by atoms with E-state index in [-0.39, 0.29) is 25.8 Å². The molecule has 0 saturated heterocycles. The first-order valence-electron chi connectivity index (χ1n) is 7.08. The van der Waals surface area contributed by atoms with Gasteiger partial charge in [0.15, 0.2) is 6.29 Å². The highest BCUT2D eigenvalue weighted by atomic mass is 35.5. The van der Waals surface area contributed by atoms with Gasteiger partial charge in [0.1, 0.15) is 5.69 Å². The van der Waals surface area contributed by atoms with Crippen molar-refractivity contribution in [3.8, 4) is 22.4 Å². The number of nitrogens with zero attached hydrogens (tertiary/aromatic N) is 1. The van der Waals surface area contributed by atoms with E-state index in [1.165, 1.54) is 12.1 Å². The minimum absolute atomic E-state index is 0.148. The first-order valence-corrected chi connectivity index (χ1v) is 9.34. The molecule has 0 aliphatic carbocycles. The van der Waals surface area contributed by atoms with Gasteiger partial charge in [-0.15, -0.1) is 0 Å². The van der Waals surface area contributed by atoms with E-state index < -0.39 is 0 Å². The van der Waals surface area contributed by atoms with Crippen LogP contribution in [0, 0.1) is 0 Å². The third kappa shape index (κ3) is 3.82. The summed E-state index contributed by atoms with van der Waals surface area (Å²) < 4.78 is 0. The molecule has 1 heterocycles. The van der Waals surface area contributed by atoms with E-state index in [4.69, 9.17) is 69.6 Å². The van der Waals surface area contributed by atoms with Crippen LogP contribution in [0.1, 0.15) is 10.5 Å². The lowest BCUT2D eigenvalue weighted by Gasteiger charge is -2.12. The van der Waals surface area contributed by atoms with Crippen molar-refractivity contribution in [1.29, 1.82) is 0 Å². The standard InChI is InChI=1S/C18H7Cl6NO/c19-8-3-11(17(23)13(21)5-8)10-1-2-15(25-16(10)7-26)12-4-9(20)6-14(22)18(12)24/h1-7H. The molecular formula is C18H7Cl6NO. The van der Waals surface area contributed by atoms with E-state index in [2.05, 4.69) is 4.98 Å². The quantitative estimate of drug-likeness (QED) is 0.288. The molecule has 0 aliphatic heterocycles. The van der Waals surface area contributed by atoms with Gasteiger partial charge in [0.05, 0.1) is 25.8 Å². The maximum atomic E-state index is 11.6. The van der Waals surface area contributed by atoms with Crippen LogP contribution in [0.2, 0.25) is 30.1 Å². The van der Waals surface area contributed by atoms with Crippen LogP contribution in [0.3, 0.4) is 0 Å². The second-order valence-corrected chi connectivity index (χ2v) is 7.69. The predicted molar refractivity (Wildman–Crippen MR) is 111 cm³/mol. The molecule has 132 valence electrons. The van der Waals surface area contributed by atoms with Crippen molar-refractivity contribution in [2.45, 2.75) is 0 Å². The van der Waals surface area contributed by atoms with Gasteiger partial charge in [0.25, 0.3) is 0 Å². The van der Waals surface area contributed by atoms with Gasteiger partial charge in [-0.2, -0.15) is 0 Å². The lowest BCUT2D eigenvalue weighted by atomic mass is 10.0. The molecule has 8 heteroatoms. The van der Waals surface area contributed by atoms with E-state index in [1.807, 2.05) is 0 Å². The average Bonchev–Trinajstić information content (AvgIpc) is 2.60. The van der Waals surface area contributed by atoms with Gasteiger partial charge in [-0.3, -0.25) is 4.79 Å². The predicted octanol–water partition coefficient (Wildman–Crippen LogP) is 8.15. The molecule has 3 rings (SSSR count). The number of halogens is 6. The smallest absolute Gasteiger partial charge is 0.169 e. The average molecular weight is 466 g/mol. The maximum Gasteiger partial charge on any atom is 0.169 e. The molecule has 0 amide bonds. The molecule has 0 saturated carbocycles. The molecule has 0 spiro atoms. The minimum Gasteiger partial charge on any atom is -0.296 e. The molecule has 0 bridgehead atoms. The summed E-state index contributed by atoms with van der Waals surface area (Å²) in [6, 6.07) is 9.65. The zero-order valence-electron chi connectivity index (χ0n) is 12.7. The normalized spacial score (nSPS) is 10.8. The summed E-state index contributed by atoms with van der Waals surface area (Å²) in [5, 5.41) is 1.92. The number of hydrogen-bond acceptors (Lipinski definition) is 2. The molecular weight excluding hydrogens is 459 g/mol. The van der Waals surface area contributed by atoms with Crippen molar-refractivity contribution >= 4 is 75.9 Å². The van der Waals surface area contributed by atoms with Crippen LogP contribution in [0.5, 0.6) is 0 Å². The topological polar surface area (TPSA) is 30.0 Å². The molecule has 2 aromatic carbocycles. The Morgan fingerprint density at radius 2 is 1.23 bits per heavy atom. The van der Waals surface area contributed by atoms with Crippen molar-refractivity contribution in [2.24, 2.45) is 0 Å². The van der Waals surface area contributed by atoms with E-state index in [1.54, 1.807) is 24.3 Å². The number of carbonyl (C=O) groups is 1. The Bertz CT molecular complexity index is 1030. The number of aldehydes is 1. The molecule has 0 unspecified atom stereocenters. The fourth-order valence-corrected chi connectivity index (χ4v) is 3.84. The van der Waals surface area contributed by atoms with Gasteiger partial charge in [0, 0.05) is 26.7 Å². The fraction of sp³-hybridized carbons (Fsp3) is 0. The van der Waals surface area contributed by atoms with E-state index >= 15 is 0 Å². The van der Waals surface area contributed by atoms with Crippen LogP contribution in [0.25, 0.3) is 22.4 Å². The van der Waals surface area contributed by atoms with E-state index in [0.717, 1.165) is 0 Å². The first kappa shape index (κ1) is 19.8. The fourth-order valence-electron chi connectivity index (χ4n) is 2.44. The minimum atomic E-state index is 0.148. The number of rotatable bonds is 3. The number of benzene rings is 2. The van der Waals surface area contributed by atoms with Crippen LogP contribution in [-0.2, 0) is 0 Å². The van der Waals surface area contributed by atoms with Crippen molar-refractivity contribution in [1.82, 2.24) is 4.98 Å². The summed E-state index contributed by atoms with van der Waals surface area (Å²) >= 11 is 36.7. The number of aromatic nitrogens is 1. The molecule has 0 aliphatic rings. The first-order chi connectivity index (χ1) is 12.3. The number of pyridine rings is 1. The second kappa shape index (κ2) is 7.93. The van der Waals surface area contributed by atoms with Gasteiger partial charge in [0.2, 0.25) is 0 Å². The molecule has 1 aromatic heterocycles. The lowest BCUT2D eigenvalue weighted by Crippen LogP contribution is -1.96. The summed E-state index contributed by atoms with van der Waals surface area (Å²) in [6.07, 6.45) is 0.615. The zero-order chi connectivity index (χ0) is 19.0. The maximum absolute atomic E-state index is 11.6. The van der Waals surface area contributed by atoms with Crippen LogP contribution in [-0.4, -0.2) is 11.3 Å². The number of carbonyl (C=O) groups excluding carboxylic acids is 1.